The van der Waals surface area contributed by atoms with Gasteiger partial charge in [0, 0.05) is 49.8 Å². The van der Waals surface area contributed by atoms with Crippen LogP contribution >= 0.6 is 11.6 Å². The van der Waals surface area contributed by atoms with Gasteiger partial charge in [0.1, 0.15) is 5.75 Å². The molecule has 2 heterocycles. The summed E-state index contributed by atoms with van der Waals surface area (Å²) in [6.07, 6.45) is 3.00. The molecule has 9 heteroatoms. The van der Waals surface area contributed by atoms with Crippen molar-refractivity contribution in [1.82, 2.24) is 14.1 Å². The zero-order valence-corrected chi connectivity index (χ0v) is 18.0. The second kappa shape index (κ2) is 8.57. The molecule has 3 rings (SSSR count). The van der Waals surface area contributed by atoms with Crippen LogP contribution in [-0.4, -0.2) is 86.1 Å². The quantitative estimate of drug-likeness (QED) is 0.688. The summed E-state index contributed by atoms with van der Waals surface area (Å²) in [4.78, 5) is 16.7. The molecule has 2 saturated heterocycles. The molecule has 1 atom stereocenters. The molecule has 2 aliphatic rings. The van der Waals surface area contributed by atoms with Crippen molar-refractivity contribution in [2.45, 2.75) is 25.3 Å². The number of piperazine rings is 1. The Hall–Kier alpha value is -1.35. The number of sulfonamides is 1. The Morgan fingerprint density at radius 1 is 1.21 bits per heavy atom. The molecule has 0 bridgehead atoms. The SMILES string of the molecule is CC[C@]1(N2CCN(C(=O)COc3cccc(Cl)c3)CC2)CCN(S(C)(=O)=O)C1. The molecule has 0 N–H and O–H groups in total. The molecular weight excluding hydrogens is 402 g/mol. The molecule has 0 spiro atoms. The predicted molar refractivity (Wildman–Crippen MR) is 109 cm³/mol. The number of rotatable bonds is 6. The van der Waals surface area contributed by atoms with E-state index in [1.165, 1.54) is 6.26 Å². The van der Waals surface area contributed by atoms with Crippen LogP contribution in [0, 0.1) is 0 Å². The lowest BCUT2D eigenvalue weighted by molar-refractivity contribution is -0.136. The Morgan fingerprint density at radius 3 is 2.50 bits per heavy atom. The first kappa shape index (κ1) is 21.4. The van der Waals surface area contributed by atoms with Crippen molar-refractivity contribution in [3.8, 4) is 5.75 Å². The summed E-state index contributed by atoms with van der Waals surface area (Å²) < 4.78 is 30.9. The maximum Gasteiger partial charge on any atom is 0.260 e. The molecule has 1 aromatic carbocycles. The highest BCUT2D eigenvalue weighted by Crippen LogP contribution is 2.33. The maximum atomic E-state index is 12.5. The summed E-state index contributed by atoms with van der Waals surface area (Å²) in [5.74, 6) is 0.533. The third-order valence-corrected chi connectivity index (χ3v) is 7.37. The van der Waals surface area contributed by atoms with E-state index < -0.39 is 10.0 Å². The van der Waals surface area contributed by atoms with Crippen molar-refractivity contribution in [2.24, 2.45) is 0 Å². The highest BCUT2D eigenvalue weighted by Gasteiger charge is 2.45. The van der Waals surface area contributed by atoms with Gasteiger partial charge in [-0.3, -0.25) is 9.69 Å². The fourth-order valence-corrected chi connectivity index (χ4v) is 5.17. The topological polar surface area (TPSA) is 70.2 Å². The number of nitrogens with zero attached hydrogens (tertiary/aromatic N) is 3. The van der Waals surface area contributed by atoms with E-state index in [2.05, 4.69) is 11.8 Å². The lowest BCUT2D eigenvalue weighted by atomic mass is 9.92. The van der Waals surface area contributed by atoms with Crippen molar-refractivity contribution in [2.75, 3.05) is 52.1 Å². The average molecular weight is 430 g/mol. The fraction of sp³-hybridized carbons (Fsp3) is 0.632. The van der Waals surface area contributed by atoms with Crippen molar-refractivity contribution in [3.05, 3.63) is 29.3 Å². The van der Waals surface area contributed by atoms with Crippen LogP contribution in [-0.2, 0) is 14.8 Å². The maximum absolute atomic E-state index is 12.5. The van der Waals surface area contributed by atoms with Crippen LogP contribution in [0.5, 0.6) is 5.75 Å². The van der Waals surface area contributed by atoms with E-state index in [-0.39, 0.29) is 18.1 Å². The molecule has 0 unspecified atom stereocenters. The number of amides is 1. The molecular formula is C19H28ClN3O4S. The van der Waals surface area contributed by atoms with Crippen molar-refractivity contribution in [1.29, 1.82) is 0 Å². The number of carbonyl (C=O) groups excluding carboxylic acids is 1. The Bertz CT molecular complexity index is 811. The van der Waals surface area contributed by atoms with E-state index >= 15 is 0 Å². The Kier molecular flexibility index (Phi) is 6.54. The van der Waals surface area contributed by atoms with E-state index in [0.29, 0.717) is 37.0 Å². The van der Waals surface area contributed by atoms with E-state index in [1.54, 1.807) is 28.6 Å². The third-order valence-electron chi connectivity index (χ3n) is 5.89. The van der Waals surface area contributed by atoms with E-state index in [9.17, 15) is 13.2 Å². The Labute approximate surface area is 172 Å². The second-order valence-corrected chi connectivity index (χ2v) is 9.96. The molecule has 0 saturated carbocycles. The highest BCUT2D eigenvalue weighted by molar-refractivity contribution is 7.88. The molecule has 2 aliphatic heterocycles. The van der Waals surface area contributed by atoms with Crippen LogP contribution in [0.2, 0.25) is 5.02 Å². The zero-order valence-electron chi connectivity index (χ0n) is 16.4. The molecule has 1 amide bonds. The van der Waals surface area contributed by atoms with E-state index in [0.717, 1.165) is 25.9 Å². The lowest BCUT2D eigenvalue weighted by Crippen LogP contribution is -2.59. The number of benzene rings is 1. The standard InChI is InChI=1S/C19H28ClN3O4S/c1-3-19(7-8-23(15-19)28(2,25)26)22-11-9-21(10-12-22)18(24)14-27-17-6-4-5-16(20)13-17/h4-6,13H,3,7-12,14-15H2,1-2H3/t19-/m0/s1. The number of ether oxygens (including phenoxy) is 1. The third kappa shape index (κ3) is 4.79. The van der Waals surface area contributed by atoms with Gasteiger partial charge in [0.2, 0.25) is 10.0 Å². The van der Waals surface area contributed by atoms with Crippen LogP contribution in [0.1, 0.15) is 19.8 Å². The number of halogens is 1. The van der Waals surface area contributed by atoms with Gasteiger partial charge in [-0.2, -0.15) is 0 Å². The number of carbonyl (C=O) groups is 1. The fourth-order valence-electron chi connectivity index (χ4n) is 4.10. The number of hydrogen-bond acceptors (Lipinski definition) is 5. The predicted octanol–water partition coefficient (Wildman–Crippen LogP) is 1.68. The minimum absolute atomic E-state index is 0.0128. The van der Waals surface area contributed by atoms with Crippen LogP contribution in [0.4, 0.5) is 0 Å². The average Bonchev–Trinajstić information content (AvgIpc) is 3.13. The lowest BCUT2D eigenvalue weighted by Gasteiger charge is -2.45. The van der Waals surface area contributed by atoms with Gasteiger partial charge in [0.25, 0.3) is 5.91 Å². The molecule has 28 heavy (non-hydrogen) atoms. The van der Waals surface area contributed by atoms with Crippen LogP contribution in [0.15, 0.2) is 24.3 Å². The molecule has 7 nitrogen and oxygen atoms in total. The first-order chi connectivity index (χ1) is 13.2. The first-order valence-electron chi connectivity index (χ1n) is 9.60. The second-order valence-electron chi connectivity index (χ2n) is 7.54. The molecule has 0 aliphatic carbocycles. The summed E-state index contributed by atoms with van der Waals surface area (Å²) >= 11 is 5.93. The van der Waals surface area contributed by atoms with Gasteiger partial charge < -0.3 is 9.64 Å². The molecule has 0 radical (unpaired) electrons. The first-order valence-corrected chi connectivity index (χ1v) is 11.8. The van der Waals surface area contributed by atoms with E-state index in [4.69, 9.17) is 16.3 Å². The molecule has 0 aromatic heterocycles. The molecule has 1 aromatic rings. The van der Waals surface area contributed by atoms with Gasteiger partial charge >= 0.3 is 0 Å². The van der Waals surface area contributed by atoms with Crippen molar-refractivity contribution < 1.29 is 17.9 Å². The van der Waals surface area contributed by atoms with Gasteiger partial charge in [0.05, 0.1) is 6.26 Å². The Balaban J connectivity index is 1.53. The minimum atomic E-state index is -3.17. The van der Waals surface area contributed by atoms with Crippen LogP contribution in [0.3, 0.4) is 0 Å². The zero-order chi connectivity index (χ0) is 20.4. The van der Waals surface area contributed by atoms with Gasteiger partial charge in [-0.25, -0.2) is 12.7 Å². The minimum Gasteiger partial charge on any atom is -0.484 e. The normalized spacial score (nSPS) is 24.5. The van der Waals surface area contributed by atoms with Gasteiger partial charge in [-0.1, -0.05) is 24.6 Å². The summed E-state index contributed by atoms with van der Waals surface area (Å²) in [6, 6.07) is 7.00. The highest BCUT2D eigenvalue weighted by atomic mass is 35.5. The monoisotopic (exact) mass is 429 g/mol. The van der Waals surface area contributed by atoms with Crippen LogP contribution < -0.4 is 4.74 Å². The summed E-state index contributed by atoms with van der Waals surface area (Å²) in [6.45, 7) is 5.94. The summed E-state index contributed by atoms with van der Waals surface area (Å²) in [5, 5.41) is 0.572. The van der Waals surface area contributed by atoms with Gasteiger partial charge in [-0.15, -0.1) is 0 Å². The number of hydrogen-bond donors (Lipinski definition) is 0. The molecule has 156 valence electrons. The summed E-state index contributed by atoms with van der Waals surface area (Å²) in [5.41, 5.74) is -0.129. The largest absolute Gasteiger partial charge is 0.484 e. The van der Waals surface area contributed by atoms with Gasteiger partial charge in [-0.05, 0) is 31.0 Å². The van der Waals surface area contributed by atoms with Crippen molar-refractivity contribution in [3.63, 3.8) is 0 Å². The van der Waals surface area contributed by atoms with Gasteiger partial charge in [0.15, 0.2) is 6.61 Å². The van der Waals surface area contributed by atoms with Crippen molar-refractivity contribution >= 4 is 27.5 Å². The smallest absolute Gasteiger partial charge is 0.260 e. The Morgan fingerprint density at radius 2 is 1.93 bits per heavy atom. The van der Waals surface area contributed by atoms with Crippen LogP contribution in [0.25, 0.3) is 0 Å². The summed E-state index contributed by atoms with van der Waals surface area (Å²) in [7, 11) is -3.17. The van der Waals surface area contributed by atoms with E-state index in [1.807, 2.05) is 4.90 Å². The molecule has 2 fully saturated rings.